The quantitative estimate of drug-likeness (QED) is 0.719. The number of hydrogen-bond donors (Lipinski definition) is 1. The first kappa shape index (κ1) is 17.0. The van der Waals surface area contributed by atoms with Crippen molar-refractivity contribution in [2.75, 3.05) is 0 Å². The molecule has 7 heteroatoms. The molecule has 1 unspecified atom stereocenters. The minimum atomic E-state index is -1.26. The molecule has 1 aliphatic rings. The van der Waals surface area contributed by atoms with Crippen molar-refractivity contribution in [3.63, 3.8) is 0 Å². The lowest BCUT2D eigenvalue weighted by atomic mass is 9.92. The zero-order chi connectivity index (χ0) is 19.0. The van der Waals surface area contributed by atoms with Crippen LogP contribution in [0.5, 0.6) is 0 Å². The number of nitrogens with one attached hydrogen (secondary N) is 1. The van der Waals surface area contributed by atoms with Crippen LogP contribution in [-0.2, 0) is 16.9 Å². The Balaban J connectivity index is 1.56. The zero-order valence-electron chi connectivity index (χ0n) is 14.5. The molecule has 3 amide bonds. The molecule has 1 aromatic heterocycles. The fourth-order valence-electron chi connectivity index (χ4n) is 3.07. The van der Waals surface area contributed by atoms with Crippen molar-refractivity contribution in [1.29, 1.82) is 0 Å². The van der Waals surface area contributed by atoms with Crippen LogP contribution in [0.4, 0.5) is 9.18 Å². The Bertz CT molecular complexity index is 1000. The summed E-state index contributed by atoms with van der Waals surface area (Å²) in [6, 6.07) is 14.3. The molecular formula is C20H16FN3O3. The first-order valence-corrected chi connectivity index (χ1v) is 8.38. The number of aromatic nitrogens is 1. The molecule has 0 spiro atoms. The van der Waals surface area contributed by atoms with Crippen molar-refractivity contribution in [2.45, 2.75) is 19.0 Å². The average Bonchev–Trinajstić information content (AvgIpc) is 3.22. The molecule has 1 atom stereocenters. The number of rotatable bonds is 4. The number of urea groups is 1. The Hall–Kier alpha value is -3.48. The lowest BCUT2D eigenvalue weighted by Crippen LogP contribution is -2.40. The van der Waals surface area contributed by atoms with Crippen LogP contribution in [0.25, 0.3) is 11.3 Å². The Labute approximate surface area is 154 Å². The number of amides is 3. The van der Waals surface area contributed by atoms with Gasteiger partial charge in [0, 0.05) is 5.56 Å². The second-order valence-electron chi connectivity index (χ2n) is 6.44. The minimum absolute atomic E-state index is 0.0890. The molecule has 0 saturated carbocycles. The highest BCUT2D eigenvalue weighted by molar-refractivity contribution is 6.07. The second-order valence-corrected chi connectivity index (χ2v) is 6.44. The highest BCUT2D eigenvalue weighted by Crippen LogP contribution is 2.30. The minimum Gasteiger partial charge on any atom is -0.439 e. The molecule has 3 aromatic rings. The SMILES string of the molecule is CC1(c2ccc(F)cc2)NC(=O)N(Cc2ncc(-c3ccccc3)o2)C1=O. The standard InChI is InChI=1S/C20H16FN3O3/c1-20(14-7-9-15(21)10-8-14)18(25)24(19(26)23-20)12-17-22-11-16(27-17)13-5-3-2-4-6-13/h2-11H,12H2,1H3,(H,23,26). The summed E-state index contributed by atoms with van der Waals surface area (Å²) < 4.78 is 18.9. The maximum atomic E-state index is 13.2. The molecule has 0 bridgehead atoms. The van der Waals surface area contributed by atoms with Gasteiger partial charge in [0.05, 0.1) is 6.20 Å². The topological polar surface area (TPSA) is 75.4 Å². The van der Waals surface area contributed by atoms with E-state index in [4.69, 9.17) is 4.42 Å². The number of oxazole rings is 1. The summed E-state index contributed by atoms with van der Waals surface area (Å²) in [4.78, 5) is 30.5. The molecule has 1 saturated heterocycles. The molecular weight excluding hydrogens is 349 g/mol. The van der Waals surface area contributed by atoms with Crippen molar-refractivity contribution in [3.8, 4) is 11.3 Å². The Morgan fingerprint density at radius 1 is 1.11 bits per heavy atom. The van der Waals surface area contributed by atoms with E-state index in [2.05, 4.69) is 10.3 Å². The van der Waals surface area contributed by atoms with E-state index in [9.17, 15) is 14.0 Å². The van der Waals surface area contributed by atoms with Crippen molar-refractivity contribution < 1.29 is 18.4 Å². The van der Waals surface area contributed by atoms with Crippen molar-refractivity contribution >= 4 is 11.9 Å². The summed E-state index contributed by atoms with van der Waals surface area (Å²) >= 11 is 0. The highest BCUT2D eigenvalue weighted by atomic mass is 19.1. The summed E-state index contributed by atoms with van der Waals surface area (Å²) in [7, 11) is 0. The molecule has 1 fully saturated rings. The van der Waals surface area contributed by atoms with E-state index in [0.29, 0.717) is 11.3 Å². The van der Waals surface area contributed by atoms with Gasteiger partial charge in [-0.15, -0.1) is 0 Å². The molecule has 0 aliphatic carbocycles. The second kappa shape index (κ2) is 6.35. The predicted molar refractivity (Wildman–Crippen MR) is 94.8 cm³/mol. The van der Waals surface area contributed by atoms with E-state index >= 15 is 0 Å². The van der Waals surface area contributed by atoms with Gasteiger partial charge >= 0.3 is 6.03 Å². The molecule has 6 nitrogen and oxygen atoms in total. The highest BCUT2D eigenvalue weighted by Gasteiger charge is 2.49. The van der Waals surface area contributed by atoms with Crippen molar-refractivity contribution in [2.24, 2.45) is 0 Å². The van der Waals surface area contributed by atoms with Crippen LogP contribution in [0.15, 0.2) is 65.2 Å². The first-order chi connectivity index (χ1) is 13.0. The molecule has 1 N–H and O–H groups in total. The van der Waals surface area contributed by atoms with Crippen LogP contribution in [0.2, 0.25) is 0 Å². The maximum absolute atomic E-state index is 13.2. The number of halogens is 1. The van der Waals surface area contributed by atoms with E-state index in [1.54, 1.807) is 13.1 Å². The normalized spacial score (nSPS) is 19.4. The Morgan fingerprint density at radius 3 is 2.52 bits per heavy atom. The number of carbonyl (C=O) groups is 2. The van der Waals surface area contributed by atoms with Gasteiger partial charge in [-0.2, -0.15) is 0 Å². The first-order valence-electron chi connectivity index (χ1n) is 8.38. The summed E-state index contributed by atoms with van der Waals surface area (Å²) in [6.07, 6.45) is 1.56. The number of imide groups is 1. The van der Waals surface area contributed by atoms with Crippen LogP contribution in [0.1, 0.15) is 18.4 Å². The van der Waals surface area contributed by atoms with Crippen LogP contribution < -0.4 is 5.32 Å². The fourth-order valence-corrected chi connectivity index (χ4v) is 3.07. The largest absolute Gasteiger partial charge is 0.439 e. The molecule has 0 radical (unpaired) electrons. The number of hydrogen-bond acceptors (Lipinski definition) is 4. The van der Waals surface area contributed by atoms with Crippen LogP contribution in [0, 0.1) is 5.82 Å². The Morgan fingerprint density at radius 2 is 1.81 bits per heavy atom. The number of carbonyl (C=O) groups excluding carboxylic acids is 2. The zero-order valence-corrected chi connectivity index (χ0v) is 14.5. The number of benzene rings is 2. The van der Waals surface area contributed by atoms with Gasteiger partial charge in [-0.05, 0) is 24.6 Å². The third kappa shape index (κ3) is 2.97. The lowest BCUT2D eigenvalue weighted by molar-refractivity contribution is -0.131. The van der Waals surface area contributed by atoms with Gasteiger partial charge < -0.3 is 9.73 Å². The molecule has 2 heterocycles. The molecule has 136 valence electrons. The summed E-state index contributed by atoms with van der Waals surface area (Å²) in [5.41, 5.74) is 0.0892. The van der Waals surface area contributed by atoms with E-state index in [1.165, 1.54) is 24.3 Å². The summed E-state index contributed by atoms with van der Waals surface area (Å²) in [5, 5.41) is 2.67. The fraction of sp³-hybridized carbons (Fsp3) is 0.150. The van der Waals surface area contributed by atoms with Gasteiger partial charge in [0.2, 0.25) is 5.89 Å². The van der Waals surface area contributed by atoms with E-state index in [0.717, 1.165) is 10.5 Å². The summed E-state index contributed by atoms with van der Waals surface area (Å²) in [6.45, 7) is 1.50. The summed E-state index contributed by atoms with van der Waals surface area (Å²) in [5.74, 6) is -0.0533. The van der Waals surface area contributed by atoms with Gasteiger partial charge in [-0.1, -0.05) is 42.5 Å². The van der Waals surface area contributed by atoms with Crippen molar-refractivity contribution in [1.82, 2.24) is 15.2 Å². The molecule has 1 aliphatic heterocycles. The Kier molecular flexibility index (Phi) is 3.99. The van der Waals surface area contributed by atoms with E-state index < -0.39 is 23.3 Å². The van der Waals surface area contributed by atoms with Gasteiger partial charge in [0.1, 0.15) is 17.9 Å². The van der Waals surface area contributed by atoms with E-state index in [1.807, 2.05) is 30.3 Å². The van der Waals surface area contributed by atoms with Gasteiger partial charge in [0.15, 0.2) is 5.76 Å². The third-order valence-corrected chi connectivity index (χ3v) is 4.60. The molecule has 4 rings (SSSR count). The van der Waals surface area contributed by atoms with Crippen LogP contribution >= 0.6 is 0 Å². The number of nitrogens with zero attached hydrogens (tertiary/aromatic N) is 2. The smallest absolute Gasteiger partial charge is 0.325 e. The predicted octanol–water partition coefficient (Wildman–Crippen LogP) is 3.45. The van der Waals surface area contributed by atoms with Crippen molar-refractivity contribution in [3.05, 3.63) is 78.1 Å². The van der Waals surface area contributed by atoms with E-state index in [-0.39, 0.29) is 12.4 Å². The maximum Gasteiger partial charge on any atom is 0.325 e. The molecule has 2 aromatic carbocycles. The third-order valence-electron chi connectivity index (χ3n) is 4.60. The van der Waals surface area contributed by atoms with Crippen LogP contribution in [0.3, 0.4) is 0 Å². The lowest BCUT2D eigenvalue weighted by Gasteiger charge is -2.21. The van der Waals surface area contributed by atoms with Gasteiger partial charge in [0.25, 0.3) is 5.91 Å². The van der Waals surface area contributed by atoms with Gasteiger partial charge in [-0.25, -0.2) is 14.2 Å². The van der Waals surface area contributed by atoms with Gasteiger partial charge in [-0.3, -0.25) is 9.69 Å². The molecule has 27 heavy (non-hydrogen) atoms. The average molecular weight is 365 g/mol. The monoisotopic (exact) mass is 365 g/mol. The van der Waals surface area contributed by atoms with Crippen LogP contribution in [-0.4, -0.2) is 21.8 Å².